The largest absolute Gasteiger partial charge is 0.396 e. The Balaban J connectivity index is 2.33. The van der Waals surface area contributed by atoms with Crippen LogP contribution in [0.15, 0.2) is 0 Å². The normalized spacial score (nSPS) is 38.5. The zero-order valence-corrected chi connectivity index (χ0v) is 8.29. The molecule has 0 aromatic heterocycles. The predicted molar refractivity (Wildman–Crippen MR) is 48.9 cm³/mol. The Morgan fingerprint density at radius 1 is 1.50 bits per heavy atom. The lowest BCUT2D eigenvalue weighted by Gasteiger charge is -2.19. The maximum Gasteiger partial charge on any atom is 0.0607 e. The van der Waals surface area contributed by atoms with Gasteiger partial charge in [-0.05, 0) is 24.2 Å². The molecule has 1 fully saturated rings. The summed E-state index contributed by atoms with van der Waals surface area (Å²) in [5, 5.41) is 8.89. The van der Waals surface area contributed by atoms with Crippen LogP contribution in [0.4, 0.5) is 0 Å². The molecule has 0 bridgehead atoms. The Labute approximate surface area is 74.9 Å². The average Bonchev–Trinajstić information content (AvgIpc) is 2.36. The molecule has 0 saturated carbocycles. The van der Waals surface area contributed by atoms with Gasteiger partial charge in [0.25, 0.3) is 0 Å². The van der Waals surface area contributed by atoms with Crippen molar-refractivity contribution in [1.82, 2.24) is 0 Å². The molecule has 0 amide bonds. The standard InChI is InChI=1S/C10H20O2/c1-7(5-11)4-10-9(3)8(2)6-12-10/h7-11H,4-6H2,1-3H3. The molecule has 0 aromatic rings. The number of ether oxygens (including phenoxy) is 1. The second-order valence-corrected chi connectivity index (χ2v) is 4.23. The Bertz CT molecular complexity index is 136. The van der Waals surface area contributed by atoms with E-state index in [0.717, 1.165) is 13.0 Å². The minimum Gasteiger partial charge on any atom is -0.396 e. The molecular formula is C10H20O2. The van der Waals surface area contributed by atoms with E-state index in [4.69, 9.17) is 9.84 Å². The SMILES string of the molecule is CC(CO)CC1OCC(C)C1C. The minimum absolute atomic E-state index is 0.279. The fourth-order valence-electron chi connectivity index (χ4n) is 1.70. The average molecular weight is 172 g/mol. The first-order valence-corrected chi connectivity index (χ1v) is 4.87. The van der Waals surface area contributed by atoms with Crippen LogP contribution in [-0.4, -0.2) is 24.4 Å². The van der Waals surface area contributed by atoms with E-state index in [9.17, 15) is 0 Å². The molecule has 1 N–H and O–H groups in total. The van der Waals surface area contributed by atoms with Gasteiger partial charge in [-0.1, -0.05) is 20.8 Å². The van der Waals surface area contributed by atoms with Crippen molar-refractivity contribution in [3.63, 3.8) is 0 Å². The molecule has 2 heteroatoms. The summed E-state index contributed by atoms with van der Waals surface area (Å²) in [6, 6.07) is 0. The number of aliphatic hydroxyl groups excluding tert-OH is 1. The number of aliphatic hydroxyl groups is 1. The number of hydrogen-bond donors (Lipinski definition) is 1. The lowest BCUT2D eigenvalue weighted by atomic mass is 9.89. The van der Waals surface area contributed by atoms with E-state index in [1.54, 1.807) is 0 Å². The van der Waals surface area contributed by atoms with E-state index in [0.29, 0.717) is 23.9 Å². The third-order valence-electron chi connectivity index (χ3n) is 3.00. The molecule has 1 aliphatic rings. The Hall–Kier alpha value is -0.0800. The van der Waals surface area contributed by atoms with Gasteiger partial charge in [-0.15, -0.1) is 0 Å². The van der Waals surface area contributed by atoms with Gasteiger partial charge in [0.2, 0.25) is 0 Å². The lowest BCUT2D eigenvalue weighted by Crippen LogP contribution is -2.20. The fourth-order valence-corrected chi connectivity index (χ4v) is 1.70. The molecule has 1 rings (SSSR count). The maximum absolute atomic E-state index is 8.89. The summed E-state index contributed by atoms with van der Waals surface area (Å²) < 4.78 is 5.64. The molecule has 4 unspecified atom stereocenters. The Morgan fingerprint density at radius 3 is 2.58 bits per heavy atom. The molecular weight excluding hydrogens is 152 g/mol. The highest BCUT2D eigenvalue weighted by Gasteiger charge is 2.31. The molecule has 0 aromatic carbocycles. The van der Waals surface area contributed by atoms with Crippen LogP contribution in [0.2, 0.25) is 0 Å². The van der Waals surface area contributed by atoms with Gasteiger partial charge in [-0.3, -0.25) is 0 Å². The second-order valence-electron chi connectivity index (χ2n) is 4.23. The van der Waals surface area contributed by atoms with Crippen molar-refractivity contribution in [2.45, 2.75) is 33.3 Å². The van der Waals surface area contributed by atoms with Gasteiger partial charge in [0, 0.05) is 13.2 Å². The van der Waals surface area contributed by atoms with Crippen molar-refractivity contribution in [3.8, 4) is 0 Å². The molecule has 0 spiro atoms. The summed E-state index contributed by atoms with van der Waals surface area (Å²) in [6.07, 6.45) is 1.38. The lowest BCUT2D eigenvalue weighted by molar-refractivity contribution is 0.0641. The molecule has 1 aliphatic heterocycles. The van der Waals surface area contributed by atoms with Gasteiger partial charge in [0.1, 0.15) is 0 Å². The first kappa shape index (κ1) is 10.0. The van der Waals surface area contributed by atoms with Crippen LogP contribution in [-0.2, 0) is 4.74 Å². The van der Waals surface area contributed by atoms with Gasteiger partial charge in [0.15, 0.2) is 0 Å². The summed E-state index contributed by atoms with van der Waals surface area (Å²) in [7, 11) is 0. The van der Waals surface area contributed by atoms with Crippen LogP contribution in [0.1, 0.15) is 27.2 Å². The predicted octanol–water partition coefficient (Wildman–Crippen LogP) is 1.68. The van der Waals surface area contributed by atoms with Crippen LogP contribution in [0, 0.1) is 17.8 Å². The first-order valence-electron chi connectivity index (χ1n) is 4.87. The van der Waals surface area contributed by atoms with Crippen molar-refractivity contribution in [2.24, 2.45) is 17.8 Å². The monoisotopic (exact) mass is 172 g/mol. The van der Waals surface area contributed by atoms with Gasteiger partial charge < -0.3 is 9.84 Å². The Kier molecular flexibility index (Phi) is 3.53. The fraction of sp³-hybridized carbons (Fsp3) is 1.00. The quantitative estimate of drug-likeness (QED) is 0.701. The van der Waals surface area contributed by atoms with Gasteiger partial charge in [-0.2, -0.15) is 0 Å². The van der Waals surface area contributed by atoms with Gasteiger partial charge >= 0.3 is 0 Å². The molecule has 1 saturated heterocycles. The van der Waals surface area contributed by atoms with Crippen molar-refractivity contribution in [2.75, 3.05) is 13.2 Å². The molecule has 0 aliphatic carbocycles. The van der Waals surface area contributed by atoms with Crippen LogP contribution in [0.5, 0.6) is 0 Å². The highest BCUT2D eigenvalue weighted by atomic mass is 16.5. The summed E-state index contributed by atoms with van der Waals surface area (Å²) in [5.41, 5.74) is 0. The van der Waals surface area contributed by atoms with E-state index in [2.05, 4.69) is 20.8 Å². The summed E-state index contributed by atoms with van der Waals surface area (Å²) >= 11 is 0. The Morgan fingerprint density at radius 2 is 2.17 bits per heavy atom. The van der Waals surface area contributed by atoms with Crippen LogP contribution >= 0.6 is 0 Å². The van der Waals surface area contributed by atoms with Gasteiger partial charge in [-0.25, -0.2) is 0 Å². The van der Waals surface area contributed by atoms with Crippen molar-refractivity contribution < 1.29 is 9.84 Å². The third-order valence-corrected chi connectivity index (χ3v) is 3.00. The van der Waals surface area contributed by atoms with Crippen LogP contribution in [0.3, 0.4) is 0 Å². The first-order chi connectivity index (χ1) is 5.65. The third kappa shape index (κ3) is 2.20. The number of rotatable bonds is 3. The molecule has 72 valence electrons. The molecule has 4 atom stereocenters. The zero-order valence-electron chi connectivity index (χ0n) is 8.29. The van der Waals surface area contributed by atoms with Crippen LogP contribution in [0.25, 0.3) is 0 Å². The highest BCUT2D eigenvalue weighted by Crippen LogP contribution is 2.29. The van der Waals surface area contributed by atoms with E-state index in [1.165, 1.54) is 0 Å². The zero-order chi connectivity index (χ0) is 9.14. The molecule has 12 heavy (non-hydrogen) atoms. The van der Waals surface area contributed by atoms with Crippen molar-refractivity contribution >= 4 is 0 Å². The van der Waals surface area contributed by atoms with E-state index in [-0.39, 0.29) is 6.61 Å². The van der Waals surface area contributed by atoms with E-state index >= 15 is 0 Å². The molecule has 2 nitrogen and oxygen atoms in total. The van der Waals surface area contributed by atoms with Crippen molar-refractivity contribution in [1.29, 1.82) is 0 Å². The summed E-state index contributed by atoms with van der Waals surface area (Å²) in [5.74, 6) is 1.71. The molecule has 0 radical (unpaired) electrons. The van der Waals surface area contributed by atoms with Gasteiger partial charge in [0.05, 0.1) is 6.10 Å². The minimum atomic E-state index is 0.279. The number of hydrogen-bond acceptors (Lipinski definition) is 2. The summed E-state index contributed by atoms with van der Waals surface area (Å²) in [6.45, 7) is 7.71. The summed E-state index contributed by atoms with van der Waals surface area (Å²) in [4.78, 5) is 0. The highest BCUT2D eigenvalue weighted by molar-refractivity contribution is 4.79. The van der Waals surface area contributed by atoms with E-state index < -0.39 is 0 Å². The van der Waals surface area contributed by atoms with Crippen molar-refractivity contribution in [3.05, 3.63) is 0 Å². The van der Waals surface area contributed by atoms with Crippen LogP contribution < -0.4 is 0 Å². The molecule has 1 heterocycles. The topological polar surface area (TPSA) is 29.5 Å². The van der Waals surface area contributed by atoms with E-state index in [1.807, 2.05) is 0 Å². The smallest absolute Gasteiger partial charge is 0.0607 e. The maximum atomic E-state index is 8.89. The second kappa shape index (κ2) is 4.24.